The minimum Gasteiger partial charge on any atom is -0.396 e. The average molecular weight is 260 g/mol. The molecule has 94 valence electrons. The van der Waals surface area contributed by atoms with Crippen LogP contribution < -0.4 is 5.32 Å². The molecule has 0 amide bonds. The van der Waals surface area contributed by atoms with Crippen molar-refractivity contribution >= 4 is 11.6 Å². The van der Waals surface area contributed by atoms with Crippen molar-refractivity contribution in [2.45, 2.75) is 6.10 Å². The second-order valence-corrected chi connectivity index (χ2v) is 4.52. The van der Waals surface area contributed by atoms with E-state index in [2.05, 4.69) is 5.32 Å². The summed E-state index contributed by atoms with van der Waals surface area (Å²) in [4.78, 5) is 0. The summed E-state index contributed by atoms with van der Waals surface area (Å²) in [6.07, 6.45) is -0.243. The van der Waals surface area contributed by atoms with Crippen LogP contribution in [0.5, 0.6) is 0 Å². The Morgan fingerprint density at radius 2 is 2.35 bits per heavy atom. The maximum Gasteiger partial charge on any atom is 0.141 e. The van der Waals surface area contributed by atoms with Gasteiger partial charge in [0.15, 0.2) is 0 Å². The van der Waals surface area contributed by atoms with Crippen LogP contribution in [0.15, 0.2) is 18.2 Å². The molecule has 1 aromatic rings. The Hall–Kier alpha value is -0.680. The number of aliphatic hydroxyl groups excluding tert-OH is 1. The van der Waals surface area contributed by atoms with E-state index in [1.165, 1.54) is 6.07 Å². The molecule has 0 aromatic heterocycles. The Morgan fingerprint density at radius 1 is 1.53 bits per heavy atom. The summed E-state index contributed by atoms with van der Waals surface area (Å²) in [5.41, 5.74) is 0.805. The number of halogens is 2. The van der Waals surface area contributed by atoms with Gasteiger partial charge in [0.1, 0.15) is 5.82 Å². The van der Waals surface area contributed by atoms with E-state index in [0.29, 0.717) is 13.2 Å². The number of hydrogen-bond donors (Lipinski definition) is 2. The molecule has 1 fully saturated rings. The lowest BCUT2D eigenvalue weighted by Crippen LogP contribution is -2.27. The van der Waals surface area contributed by atoms with Crippen molar-refractivity contribution in [3.8, 4) is 0 Å². The van der Waals surface area contributed by atoms with Gasteiger partial charge in [0, 0.05) is 25.6 Å². The molecule has 0 saturated carbocycles. The monoisotopic (exact) mass is 259 g/mol. The fourth-order valence-corrected chi connectivity index (χ4v) is 2.20. The number of ether oxygens (including phenoxy) is 1. The van der Waals surface area contributed by atoms with Gasteiger partial charge in [-0.05, 0) is 17.7 Å². The Bertz CT molecular complexity index is 389. The van der Waals surface area contributed by atoms with Gasteiger partial charge in [-0.2, -0.15) is 0 Å². The molecule has 3 nitrogen and oxygen atoms in total. The summed E-state index contributed by atoms with van der Waals surface area (Å²) in [7, 11) is 0. The molecular weight excluding hydrogens is 245 g/mol. The van der Waals surface area contributed by atoms with Gasteiger partial charge in [-0.15, -0.1) is 0 Å². The summed E-state index contributed by atoms with van der Waals surface area (Å²) in [5, 5.41) is 12.6. The van der Waals surface area contributed by atoms with E-state index in [0.717, 1.165) is 12.1 Å². The van der Waals surface area contributed by atoms with Crippen molar-refractivity contribution in [1.29, 1.82) is 0 Å². The molecule has 0 spiro atoms. The molecule has 0 radical (unpaired) electrons. The predicted molar refractivity (Wildman–Crippen MR) is 63.5 cm³/mol. The predicted octanol–water partition coefficient (Wildman–Crippen LogP) is 1.75. The number of hydrogen-bond acceptors (Lipinski definition) is 3. The number of nitrogens with one attached hydrogen (secondary N) is 1. The highest BCUT2D eigenvalue weighted by Gasteiger charge is 2.25. The maximum atomic E-state index is 13.1. The molecule has 1 aliphatic rings. The normalized spacial score (nSPS) is 25.6. The number of rotatable bonds is 2. The lowest BCUT2D eigenvalue weighted by atomic mass is 9.96. The molecule has 5 heteroatoms. The van der Waals surface area contributed by atoms with Crippen molar-refractivity contribution in [2.75, 3.05) is 26.3 Å². The van der Waals surface area contributed by atoms with Crippen LogP contribution in [0.1, 0.15) is 11.7 Å². The zero-order chi connectivity index (χ0) is 12.3. The smallest absolute Gasteiger partial charge is 0.141 e. The molecule has 1 heterocycles. The Balaban J connectivity index is 2.25. The van der Waals surface area contributed by atoms with Gasteiger partial charge >= 0.3 is 0 Å². The van der Waals surface area contributed by atoms with E-state index < -0.39 is 5.82 Å². The first-order valence-corrected chi connectivity index (χ1v) is 5.98. The van der Waals surface area contributed by atoms with Crippen molar-refractivity contribution in [3.63, 3.8) is 0 Å². The highest BCUT2D eigenvalue weighted by atomic mass is 35.5. The zero-order valence-electron chi connectivity index (χ0n) is 9.33. The molecule has 2 atom stereocenters. The van der Waals surface area contributed by atoms with Crippen LogP contribution >= 0.6 is 11.6 Å². The van der Waals surface area contributed by atoms with Crippen LogP contribution in [-0.2, 0) is 4.74 Å². The molecule has 2 N–H and O–H groups in total. The van der Waals surface area contributed by atoms with Gasteiger partial charge in [-0.25, -0.2) is 4.39 Å². The third-order valence-corrected chi connectivity index (χ3v) is 3.21. The Labute approximate surface area is 105 Å². The maximum absolute atomic E-state index is 13.1. The van der Waals surface area contributed by atoms with Crippen LogP contribution in [0, 0.1) is 11.7 Å². The molecule has 0 unspecified atom stereocenters. The van der Waals surface area contributed by atoms with E-state index in [4.69, 9.17) is 16.3 Å². The summed E-state index contributed by atoms with van der Waals surface area (Å²) in [5.74, 6) is -0.485. The summed E-state index contributed by atoms with van der Waals surface area (Å²) in [6.45, 7) is 2.01. The third kappa shape index (κ3) is 2.96. The van der Waals surface area contributed by atoms with E-state index in [1.807, 2.05) is 0 Å². The minimum atomic E-state index is -0.442. The molecule has 0 aliphatic carbocycles. The van der Waals surface area contributed by atoms with Gasteiger partial charge in [0.2, 0.25) is 0 Å². The lowest BCUT2D eigenvalue weighted by molar-refractivity contribution is 0.0115. The van der Waals surface area contributed by atoms with E-state index in [1.54, 1.807) is 12.1 Å². The van der Waals surface area contributed by atoms with Crippen molar-refractivity contribution < 1.29 is 14.2 Å². The quantitative estimate of drug-likeness (QED) is 0.850. The molecule has 1 aromatic carbocycles. The topological polar surface area (TPSA) is 41.5 Å². The first-order valence-electron chi connectivity index (χ1n) is 5.60. The third-order valence-electron chi connectivity index (χ3n) is 2.92. The van der Waals surface area contributed by atoms with E-state index in [9.17, 15) is 9.50 Å². The summed E-state index contributed by atoms with van der Waals surface area (Å²) in [6, 6.07) is 4.54. The molecule has 2 rings (SSSR count). The minimum absolute atomic E-state index is 0.0205. The first kappa shape index (κ1) is 12.8. The fourth-order valence-electron chi connectivity index (χ4n) is 2.01. The SMILES string of the molecule is OC[C@H]1CNCCO[C@@H]1c1ccc(F)c(Cl)c1. The summed E-state index contributed by atoms with van der Waals surface area (Å²) >= 11 is 5.76. The highest BCUT2D eigenvalue weighted by molar-refractivity contribution is 6.30. The van der Waals surface area contributed by atoms with E-state index >= 15 is 0 Å². The van der Waals surface area contributed by atoms with Gasteiger partial charge in [-0.3, -0.25) is 0 Å². The van der Waals surface area contributed by atoms with Crippen molar-refractivity contribution in [1.82, 2.24) is 5.32 Å². The molecule has 17 heavy (non-hydrogen) atoms. The Morgan fingerprint density at radius 3 is 3.06 bits per heavy atom. The fraction of sp³-hybridized carbons (Fsp3) is 0.500. The van der Waals surface area contributed by atoms with Gasteiger partial charge in [0.25, 0.3) is 0 Å². The standard InChI is InChI=1S/C12H15ClFNO2/c13-10-5-8(1-2-11(10)14)12-9(7-16)6-15-3-4-17-12/h1-2,5,9,12,15-16H,3-4,6-7H2/t9-,12-/m1/s1. The first-order chi connectivity index (χ1) is 8.22. The van der Waals surface area contributed by atoms with Crippen LogP contribution in [0.3, 0.4) is 0 Å². The average Bonchev–Trinajstić information content (AvgIpc) is 2.57. The highest BCUT2D eigenvalue weighted by Crippen LogP contribution is 2.29. The Kier molecular flexibility index (Phi) is 4.34. The zero-order valence-corrected chi connectivity index (χ0v) is 10.1. The second kappa shape index (κ2) is 5.78. The van der Waals surface area contributed by atoms with Crippen LogP contribution in [0.4, 0.5) is 4.39 Å². The number of aliphatic hydroxyl groups is 1. The van der Waals surface area contributed by atoms with Crippen LogP contribution in [0.25, 0.3) is 0 Å². The molecular formula is C12H15ClFNO2. The lowest BCUT2D eigenvalue weighted by Gasteiger charge is -2.23. The largest absolute Gasteiger partial charge is 0.396 e. The van der Waals surface area contributed by atoms with Gasteiger partial charge in [-0.1, -0.05) is 17.7 Å². The molecule has 1 saturated heterocycles. The second-order valence-electron chi connectivity index (χ2n) is 4.11. The van der Waals surface area contributed by atoms with Crippen LogP contribution in [-0.4, -0.2) is 31.4 Å². The summed E-state index contributed by atoms with van der Waals surface area (Å²) < 4.78 is 18.8. The molecule has 1 aliphatic heterocycles. The van der Waals surface area contributed by atoms with E-state index in [-0.39, 0.29) is 23.7 Å². The van der Waals surface area contributed by atoms with Gasteiger partial charge < -0.3 is 15.2 Å². The van der Waals surface area contributed by atoms with Gasteiger partial charge in [0.05, 0.1) is 17.7 Å². The number of benzene rings is 1. The van der Waals surface area contributed by atoms with Crippen molar-refractivity contribution in [3.05, 3.63) is 34.6 Å². The van der Waals surface area contributed by atoms with Crippen molar-refractivity contribution in [2.24, 2.45) is 5.92 Å². The molecule has 0 bridgehead atoms. The van der Waals surface area contributed by atoms with Crippen LogP contribution in [0.2, 0.25) is 5.02 Å².